The largest absolute Gasteiger partial charge is 0.389 e. The van der Waals surface area contributed by atoms with Gasteiger partial charge in [-0.15, -0.1) is 11.3 Å². The second-order valence-electron chi connectivity index (χ2n) is 6.63. The van der Waals surface area contributed by atoms with Gasteiger partial charge in [0.25, 0.3) is 0 Å². The van der Waals surface area contributed by atoms with Gasteiger partial charge in [-0.25, -0.2) is 4.98 Å². The van der Waals surface area contributed by atoms with E-state index in [0.717, 1.165) is 5.69 Å². The van der Waals surface area contributed by atoms with Crippen molar-refractivity contribution in [2.75, 3.05) is 6.54 Å². The smallest absolute Gasteiger partial charge is 0.0985 e. The van der Waals surface area contributed by atoms with Crippen LogP contribution in [0.1, 0.15) is 63.2 Å². The number of aliphatic hydroxyl groups is 1. The molecule has 0 aromatic carbocycles. The van der Waals surface area contributed by atoms with E-state index < -0.39 is 5.60 Å². The molecule has 0 bridgehead atoms. The van der Waals surface area contributed by atoms with Crippen LogP contribution >= 0.6 is 11.3 Å². The maximum absolute atomic E-state index is 9.74. The minimum absolute atomic E-state index is 0.101. The second kappa shape index (κ2) is 5.27. The number of hydrogen-bond acceptors (Lipinski definition) is 4. The summed E-state index contributed by atoms with van der Waals surface area (Å²) >= 11 is 1.77. The van der Waals surface area contributed by atoms with Crippen LogP contribution in [0.4, 0.5) is 0 Å². The molecule has 3 nitrogen and oxygen atoms in total. The molecule has 18 heavy (non-hydrogen) atoms. The second-order valence-corrected chi connectivity index (χ2v) is 7.66. The Morgan fingerprint density at radius 1 is 1.28 bits per heavy atom. The van der Waals surface area contributed by atoms with Crippen LogP contribution in [0.25, 0.3) is 0 Å². The van der Waals surface area contributed by atoms with Gasteiger partial charge in [0.15, 0.2) is 0 Å². The molecule has 1 unspecified atom stereocenters. The van der Waals surface area contributed by atoms with Crippen molar-refractivity contribution in [3.8, 4) is 0 Å². The summed E-state index contributed by atoms with van der Waals surface area (Å²) in [5.41, 5.74) is 0.518. The molecule has 1 aromatic rings. The maximum atomic E-state index is 9.74. The molecular weight excluding hydrogens is 244 g/mol. The Hall–Kier alpha value is -0.450. The fourth-order valence-electron chi connectivity index (χ4n) is 1.63. The van der Waals surface area contributed by atoms with Gasteiger partial charge in [-0.05, 0) is 27.7 Å². The molecule has 0 radical (unpaired) electrons. The molecule has 0 saturated heterocycles. The van der Waals surface area contributed by atoms with Crippen LogP contribution in [-0.4, -0.2) is 22.2 Å². The van der Waals surface area contributed by atoms with Crippen LogP contribution in [0.5, 0.6) is 0 Å². The molecule has 104 valence electrons. The number of aryl methyl sites for hydroxylation is 1. The lowest BCUT2D eigenvalue weighted by molar-refractivity contribution is 0.0771. The Morgan fingerprint density at radius 3 is 2.22 bits per heavy atom. The van der Waals surface area contributed by atoms with E-state index in [1.54, 1.807) is 11.3 Å². The summed E-state index contributed by atoms with van der Waals surface area (Å²) in [6.07, 6.45) is 0. The molecule has 4 heteroatoms. The van der Waals surface area contributed by atoms with Crippen LogP contribution in [0, 0.1) is 6.92 Å². The summed E-state index contributed by atoms with van der Waals surface area (Å²) in [5, 5.41) is 14.3. The van der Waals surface area contributed by atoms with E-state index in [2.05, 4.69) is 44.9 Å². The van der Waals surface area contributed by atoms with Gasteiger partial charge in [0, 0.05) is 22.9 Å². The molecule has 0 fully saturated rings. The Kier molecular flexibility index (Phi) is 4.57. The van der Waals surface area contributed by atoms with Gasteiger partial charge in [-0.1, -0.05) is 20.8 Å². The topological polar surface area (TPSA) is 45.2 Å². The standard InChI is InChI=1S/C14H26N2OS/c1-9(15-8-14(6,7)17)11-10(2)16-12(18-11)13(3,4)5/h9,15,17H,8H2,1-7H3. The van der Waals surface area contributed by atoms with Crippen LogP contribution in [0.15, 0.2) is 0 Å². The molecule has 0 saturated carbocycles. The van der Waals surface area contributed by atoms with Crippen molar-refractivity contribution >= 4 is 11.3 Å². The van der Waals surface area contributed by atoms with E-state index >= 15 is 0 Å². The van der Waals surface area contributed by atoms with E-state index in [-0.39, 0.29) is 11.5 Å². The first kappa shape index (κ1) is 15.6. The lowest BCUT2D eigenvalue weighted by Gasteiger charge is -2.21. The van der Waals surface area contributed by atoms with Crippen molar-refractivity contribution in [1.82, 2.24) is 10.3 Å². The van der Waals surface area contributed by atoms with Gasteiger partial charge in [0.1, 0.15) is 0 Å². The first-order valence-electron chi connectivity index (χ1n) is 6.44. The molecule has 0 aliphatic carbocycles. The van der Waals surface area contributed by atoms with Crippen LogP contribution < -0.4 is 5.32 Å². The molecule has 1 atom stereocenters. The van der Waals surface area contributed by atoms with Gasteiger partial charge in [-0.2, -0.15) is 0 Å². The summed E-state index contributed by atoms with van der Waals surface area (Å²) in [7, 11) is 0. The molecule has 1 heterocycles. The van der Waals surface area contributed by atoms with E-state index in [1.807, 2.05) is 13.8 Å². The van der Waals surface area contributed by atoms with Crippen molar-refractivity contribution in [3.05, 3.63) is 15.6 Å². The van der Waals surface area contributed by atoms with Crippen molar-refractivity contribution in [2.24, 2.45) is 0 Å². The highest BCUT2D eigenvalue weighted by molar-refractivity contribution is 7.12. The van der Waals surface area contributed by atoms with Gasteiger partial charge in [-0.3, -0.25) is 0 Å². The average molecular weight is 270 g/mol. The zero-order chi connectivity index (χ0) is 14.1. The van der Waals surface area contributed by atoms with E-state index in [9.17, 15) is 5.11 Å². The molecular formula is C14H26N2OS. The first-order chi connectivity index (χ1) is 8.00. The van der Waals surface area contributed by atoms with Gasteiger partial charge in [0.2, 0.25) is 0 Å². The van der Waals surface area contributed by atoms with Gasteiger partial charge in [0.05, 0.1) is 16.3 Å². The summed E-state index contributed by atoms with van der Waals surface area (Å²) in [4.78, 5) is 5.93. The Balaban J connectivity index is 2.81. The summed E-state index contributed by atoms with van der Waals surface area (Å²) < 4.78 is 0. The molecule has 1 rings (SSSR count). The lowest BCUT2D eigenvalue weighted by Crippen LogP contribution is -2.36. The zero-order valence-electron chi connectivity index (χ0n) is 12.6. The summed E-state index contributed by atoms with van der Waals surface area (Å²) in [6.45, 7) is 14.9. The molecule has 0 spiro atoms. The van der Waals surface area contributed by atoms with E-state index in [4.69, 9.17) is 0 Å². The zero-order valence-corrected chi connectivity index (χ0v) is 13.4. The fourth-order valence-corrected chi connectivity index (χ4v) is 2.78. The predicted octanol–water partition coefficient (Wildman–Crippen LogP) is 3.17. The third kappa shape index (κ3) is 4.34. The van der Waals surface area contributed by atoms with E-state index in [0.29, 0.717) is 6.54 Å². The lowest BCUT2D eigenvalue weighted by atomic mass is 9.98. The minimum Gasteiger partial charge on any atom is -0.389 e. The van der Waals surface area contributed by atoms with E-state index in [1.165, 1.54) is 9.88 Å². The van der Waals surface area contributed by atoms with Crippen molar-refractivity contribution in [1.29, 1.82) is 0 Å². The van der Waals surface area contributed by atoms with Crippen molar-refractivity contribution in [2.45, 2.75) is 65.5 Å². The summed E-state index contributed by atoms with van der Waals surface area (Å²) in [6, 6.07) is 0.227. The first-order valence-corrected chi connectivity index (χ1v) is 7.26. The molecule has 1 aromatic heterocycles. The molecule has 0 aliphatic rings. The predicted molar refractivity (Wildman–Crippen MR) is 78.3 cm³/mol. The highest BCUT2D eigenvalue weighted by Gasteiger charge is 2.23. The maximum Gasteiger partial charge on any atom is 0.0985 e. The molecule has 2 N–H and O–H groups in total. The number of nitrogens with zero attached hydrogens (tertiary/aromatic N) is 1. The van der Waals surface area contributed by atoms with Crippen LogP contribution in [0.3, 0.4) is 0 Å². The highest BCUT2D eigenvalue weighted by Crippen LogP contribution is 2.32. The van der Waals surface area contributed by atoms with Crippen LogP contribution in [0.2, 0.25) is 0 Å². The fraction of sp³-hybridized carbons (Fsp3) is 0.786. The van der Waals surface area contributed by atoms with Gasteiger partial charge >= 0.3 is 0 Å². The monoisotopic (exact) mass is 270 g/mol. The average Bonchev–Trinajstić information content (AvgIpc) is 2.55. The normalized spacial score (nSPS) is 14.9. The minimum atomic E-state index is -0.681. The number of thiazole rings is 1. The Morgan fingerprint density at radius 2 is 1.83 bits per heavy atom. The SMILES string of the molecule is Cc1nc(C(C)(C)C)sc1C(C)NCC(C)(C)O. The highest BCUT2D eigenvalue weighted by atomic mass is 32.1. The Bertz CT molecular complexity index is 399. The van der Waals surface area contributed by atoms with Crippen LogP contribution in [-0.2, 0) is 5.41 Å². The number of rotatable bonds is 4. The molecule has 0 aliphatic heterocycles. The quantitative estimate of drug-likeness (QED) is 0.883. The number of nitrogens with one attached hydrogen (secondary N) is 1. The number of aromatic nitrogens is 1. The Labute approximate surface area is 115 Å². The molecule has 0 amide bonds. The third-order valence-corrected chi connectivity index (χ3v) is 4.47. The van der Waals surface area contributed by atoms with Crippen molar-refractivity contribution < 1.29 is 5.11 Å². The van der Waals surface area contributed by atoms with Gasteiger partial charge < -0.3 is 10.4 Å². The summed E-state index contributed by atoms with van der Waals surface area (Å²) in [5.74, 6) is 0. The number of hydrogen-bond donors (Lipinski definition) is 2. The third-order valence-electron chi connectivity index (χ3n) is 2.71. The van der Waals surface area contributed by atoms with Crippen molar-refractivity contribution in [3.63, 3.8) is 0 Å².